The molecule has 0 saturated carbocycles. The molecular formula is C17H21ClN2O. The molecule has 1 unspecified atom stereocenters. The largest absolute Gasteiger partial charge is 0.439 e. The van der Waals surface area contributed by atoms with Gasteiger partial charge in [-0.1, -0.05) is 50.6 Å². The highest BCUT2D eigenvalue weighted by molar-refractivity contribution is 6.29. The zero-order chi connectivity index (χ0) is 15.2. The summed E-state index contributed by atoms with van der Waals surface area (Å²) in [6, 6.07) is 9.73. The Balaban J connectivity index is 2.30. The second kappa shape index (κ2) is 7.41. The Bertz CT molecular complexity index is 601. The average Bonchev–Trinajstić information content (AvgIpc) is 2.47. The van der Waals surface area contributed by atoms with Crippen LogP contribution in [-0.4, -0.2) is 9.97 Å². The van der Waals surface area contributed by atoms with E-state index in [0.717, 1.165) is 30.8 Å². The van der Waals surface area contributed by atoms with E-state index in [1.807, 2.05) is 18.2 Å². The topological polar surface area (TPSA) is 35.0 Å². The first-order chi connectivity index (χ1) is 10.1. The molecule has 0 amide bonds. The van der Waals surface area contributed by atoms with Crippen molar-refractivity contribution in [3.05, 3.63) is 46.9 Å². The van der Waals surface area contributed by atoms with Gasteiger partial charge in [0.15, 0.2) is 0 Å². The minimum atomic E-state index is 0.421. The molecule has 0 fully saturated rings. The van der Waals surface area contributed by atoms with Gasteiger partial charge in [-0.05, 0) is 30.4 Å². The van der Waals surface area contributed by atoms with Crippen molar-refractivity contribution in [3.63, 3.8) is 0 Å². The first-order valence-corrected chi connectivity index (χ1v) is 7.82. The number of aromatic nitrogens is 2. The van der Waals surface area contributed by atoms with E-state index in [4.69, 9.17) is 16.3 Å². The molecule has 0 radical (unpaired) electrons. The van der Waals surface area contributed by atoms with Crippen LogP contribution in [0.2, 0.25) is 5.15 Å². The van der Waals surface area contributed by atoms with Gasteiger partial charge in [-0.15, -0.1) is 0 Å². The molecule has 0 N–H and O–H groups in total. The maximum absolute atomic E-state index is 6.05. The number of para-hydroxylation sites is 1. The summed E-state index contributed by atoms with van der Waals surface area (Å²) in [5, 5.41) is 0.421. The Morgan fingerprint density at radius 3 is 2.67 bits per heavy atom. The maximum Gasteiger partial charge on any atom is 0.224 e. The molecule has 0 saturated heterocycles. The van der Waals surface area contributed by atoms with Crippen molar-refractivity contribution in [1.82, 2.24) is 9.97 Å². The van der Waals surface area contributed by atoms with Gasteiger partial charge in [-0.25, -0.2) is 4.98 Å². The van der Waals surface area contributed by atoms with E-state index in [0.29, 0.717) is 17.0 Å². The van der Waals surface area contributed by atoms with Gasteiger partial charge in [0, 0.05) is 12.5 Å². The van der Waals surface area contributed by atoms with E-state index in [1.54, 1.807) is 6.07 Å². The Morgan fingerprint density at radius 1 is 1.19 bits per heavy atom. The molecule has 0 bridgehead atoms. The lowest BCUT2D eigenvalue weighted by Crippen LogP contribution is -2.00. The van der Waals surface area contributed by atoms with Crippen LogP contribution in [0.15, 0.2) is 30.3 Å². The molecule has 0 aliphatic heterocycles. The van der Waals surface area contributed by atoms with Crippen LogP contribution in [0, 0.1) is 0 Å². The average molecular weight is 305 g/mol. The minimum Gasteiger partial charge on any atom is -0.439 e. The molecule has 0 aliphatic rings. The van der Waals surface area contributed by atoms with E-state index in [-0.39, 0.29) is 0 Å². The number of benzene rings is 1. The Labute approximate surface area is 131 Å². The highest BCUT2D eigenvalue weighted by Crippen LogP contribution is 2.31. The molecule has 1 aromatic carbocycles. The van der Waals surface area contributed by atoms with Gasteiger partial charge in [0.25, 0.3) is 0 Å². The van der Waals surface area contributed by atoms with Crippen molar-refractivity contribution in [2.45, 2.75) is 46.0 Å². The van der Waals surface area contributed by atoms with Crippen molar-refractivity contribution < 1.29 is 4.74 Å². The molecule has 1 aromatic heterocycles. The van der Waals surface area contributed by atoms with E-state index < -0.39 is 0 Å². The second-order valence-corrected chi connectivity index (χ2v) is 5.53. The lowest BCUT2D eigenvalue weighted by Gasteiger charge is -2.15. The standard InChI is InChI=1S/C17H21ClN2O/c1-4-8-16-19-15(18)11-17(20-16)21-14-10-7-6-9-13(14)12(3)5-2/h6-7,9-12H,4-5,8H2,1-3H3. The number of halogens is 1. The summed E-state index contributed by atoms with van der Waals surface area (Å²) in [4.78, 5) is 8.64. The van der Waals surface area contributed by atoms with Crippen LogP contribution in [0.5, 0.6) is 11.6 Å². The number of aryl methyl sites for hydroxylation is 1. The first-order valence-electron chi connectivity index (χ1n) is 7.44. The van der Waals surface area contributed by atoms with Crippen LogP contribution >= 0.6 is 11.6 Å². The smallest absolute Gasteiger partial charge is 0.224 e. The SMILES string of the molecule is CCCc1nc(Cl)cc(Oc2ccccc2C(C)CC)n1. The van der Waals surface area contributed by atoms with Gasteiger partial charge in [0.05, 0.1) is 0 Å². The molecule has 112 valence electrons. The normalized spacial score (nSPS) is 12.2. The third-order valence-electron chi connectivity index (χ3n) is 3.47. The van der Waals surface area contributed by atoms with Crippen LogP contribution in [0.4, 0.5) is 0 Å². The maximum atomic E-state index is 6.05. The van der Waals surface area contributed by atoms with Crippen LogP contribution in [0.3, 0.4) is 0 Å². The monoisotopic (exact) mass is 304 g/mol. The molecule has 4 heteroatoms. The summed E-state index contributed by atoms with van der Waals surface area (Å²) in [5.74, 6) is 2.51. The predicted octanol–water partition coefficient (Wildman–Crippen LogP) is 5.39. The summed E-state index contributed by atoms with van der Waals surface area (Å²) in [5.41, 5.74) is 1.19. The zero-order valence-corrected chi connectivity index (χ0v) is 13.5. The van der Waals surface area contributed by atoms with Gasteiger partial charge >= 0.3 is 0 Å². The van der Waals surface area contributed by atoms with E-state index in [2.05, 4.69) is 36.8 Å². The van der Waals surface area contributed by atoms with Gasteiger partial charge in [0.2, 0.25) is 5.88 Å². The van der Waals surface area contributed by atoms with Crippen LogP contribution < -0.4 is 4.74 Å². The Hall–Kier alpha value is -1.61. The van der Waals surface area contributed by atoms with Gasteiger partial charge < -0.3 is 4.74 Å². The fourth-order valence-corrected chi connectivity index (χ4v) is 2.33. The predicted molar refractivity (Wildman–Crippen MR) is 86.3 cm³/mol. The summed E-state index contributed by atoms with van der Waals surface area (Å²) < 4.78 is 5.96. The molecule has 1 atom stereocenters. The second-order valence-electron chi connectivity index (χ2n) is 5.14. The molecule has 2 rings (SSSR count). The van der Waals surface area contributed by atoms with Crippen molar-refractivity contribution in [2.24, 2.45) is 0 Å². The third-order valence-corrected chi connectivity index (χ3v) is 3.66. The number of hydrogen-bond donors (Lipinski definition) is 0. The van der Waals surface area contributed by atoms with Crippen molar-refractivity contribution in [1.29, 1.82) is 0 Å². The number of rotatable bonds is 6. The highest BCUT2D eigenvalue weighted by atomic mass is 35.5. The first kappa shape index (κ1) is 15.8. The zero-order valence-electron chi connectivity index (χ0n) is 12.8. The lowest BCUT2D eigenvalue weighted by atomic mass is 9.98. The highest BCUT2D eigenvalue weighted by Gasteiger charge is 2.12. The number of hydrogen-bond acceptors (Lipinski definition) is 3. The Kier molecular flexibility index (Phi) is 5.57. The summed E-state index contributed by atoms with van der Waals surface area (Å²) in [7, 11) is 0. The number of nitrogens with zero attached hydrogens (tertiary/aromatic N) is 2. The van der Waals surface area contributed by atoms with E-state index >= 15 is 0 Å². The summed E-state index contributed by atoms with van der Waals surface area (Å²) in [6.07, 6.45) is 2.83. The van der Waals surface area contributed by atoms with E-state index in [1.165, 1.54) is 5.56 Å². The molecule has 1 heterocycles. The molecule has 2 aromatic rings. The van der Waals surface area contributed by atoms with Crippen molar-refractivity contribution in [2.75, 3.05) is 0 Å². The van der Waals surface area contributed by atoms with Crippen LogP contribution in [0.1, 0.15) is 50.9 Å². The van der Waals surface area contributed by atoms with Gasteiger partial charge in [-0.2, -0.15) is 4.98 Å². The van der Waals surface area contributed by atoms with Gasteiger partial charge in [0.1, 0.15) is 16.7 Å². The fourth-order valence-electron chi connectivity index (χ4n) is 2.14. The fraction of sp³-hybridized carbons (Fsp3) is 0.412. The summed E-state index contributed by atoms with van der Waals surface area (Å²) in [6.45, 7) is 6.45. The van der Waals surface area contributed by atoms with E-state index in [9.17, 15) is 0 Å². The van der Waals surface area contributed by atoms with Crippen molar-refractivity contribution >= 4 is 11.6 Å². The molecule has 0 aliphatic carbocycles. The number of ether oxygens (including phenoxy) is 1. The Morgan fingerprint density at radius 2 is 1.95 bits per heavy atom. The van der Waals surface area contributed by atoms with Crippen LogP contribution in [0.25, 0.3) is 0 Å². The molecule has 0 spiro atoms. The summed E-state index contributed by atoms with van der Waals surface area (Å²) >= 11 is 6.05. The van der Waals surface area contributed by atoms with Crippen LogP contribution in [-0.2, 0) is 6.42 Å². The van der Waals surface area contributed by atoms with Gasteiger partial charge in [-0.3, -0.25) is 0 Å². The molecule has 21 heavy (non-hydrogen) atoms. The molecular weight excluding hydrogens is 284 g/mol. The lowest BCUT2D eigenvalue weighted by molar-refractivity contribution is 0.448. The van der Waals surface area contributed by atoms with Crippen molar-refractivity contribution in [3.8, 4) is 11.6 Å². The third kappa shape index (κ3) is 4.18. The quantitative estimate of drug-likeness (QED) is 0.671. The minimum absolute atomic E-state index is 0.421. The molecule has 3 nitrogen and oxygen atoms in total.